The van der Waals surface area contributed by atoms with E-state index in [2.05, 4.69) is 0 Å². The molecule has 2 atom stereocenters. The Morgan fingerprint density at radius 3 is 2.62 bits per heavy atom. The number of nitrogens with two attached hydrogens (primary N) is 1. The number of aryl methyl sites for hydroxylation is 1. The maximum Gasteiger partial charge on any atom is 0.227 e. The Labute approximate surface area is 162 Å². The predicted octanol–water partition coefficient (Wildman–Crippen LogP) is 4.32. The zero-order chi connectivity index (χ0) is 18.8. The summed E-state index contributed by atoms with van der Waals surface area (Å²) in [7, 11) is 0. The summed E-state index contributed by atoms with van der Waals surface area (Å²) in [6, 6.07) is 12.7. The van der Waals surface area contributed by atoms with Gasteiger partial charge in [0, 0.05) is 28.2 Å². The summed E-state index contributed by atoms with van der Waals surface area (Å²) < 4.78 is 0. The molecule has 6 heteroatoms. The lowest BCUT2D eigenvalue weighted by atomic mass is 9.85. The molecule has 0 fully saturated rings. The van der Waals surface area contributed by atoms with Crippen molar-refractivity contribution < 1.29 is 9.59 Å². The van der Waals surface area contributed by atoms with Crippen molar-refractivity contribution in [1.82, 2.24) is 0 Å². The van der Waals surface area contributed by atoms with Crippen molar-refractivity contribution in [3.63, 3.8) is 0 Å². The van der Waals surface area contributed by atoms with Gasteiger partial charge in [0.25, 0.3) is 0 Å². The molecule has 0 aromatic heterocycles. The van der Waals surface area contributed by atoms with Crippen LogP contribution in [0, 0.1) is 0 Å². The number of carbonyl (C=O) groups is 2. The molecule has 26 heavy (non-hydrogen) atoms. The van der Waals surface area contributed by atoms with E-state index in [0.29, 0.717) is 29.3 Å². The van der Waals surface area contributed by atoms with Crippen LogP contribution in [0.4, 0.5) is 5.69 Å². The number of benzene rings is 2. The zero-order valence-electron chi connectivity index (χ0n) is 14.4. The number of carbonyl (C=O) groups excluding carboxylic acids is 2. The van der Waals surface area contributed by atoms with Crippen molar-refractivity contribution in [1.29, 1.82) is 0 Å². The van der Waals surface area contributed by atoms with Crippen LogP contribution in [0.1, 0.15) is 36.8 Å². The van der Waals surface area contributed by atoms with Crippen LogP contribution < -0.4 is 10.6 Å². The molecular weight excluding hydrogens is 371 g/mol. The van der Waals surface area contributed by atoms with Crippen LogP contribution >= 0.6 is 23.2 Å². The normalized spacial score (nSPS) is 19.1. The molecular formula is C20H20Cl2N2O2. The predicted molar refractivity (Wildman–Crippen MR) is 105 cm³/mol. The van der Waals surface area contributed by atoms with Gasteiger partial charge in [0.05, 0.1) is 5.92 Å². The standard InChI is InChI=1S/C20H20Cl2N2O2/c1-12-10-16(20(23)26)15-4-2-3-5-18(15)24(12)19(25)9-7-13-6-8-14(21)11-17(13)22/h2-6,8,11-12,16H,7,9-10H2,1H3,(H2,23,26)/t12-,16+/m1/s1. The average molecular weight is 391 g/mol. The Morgan fingerprint density at radius 1 is 1.19 bits per heavy atom. The van der Waals surface area contributed by atoms with Gasteiger partial charge in [-0.05, 0) is 49.1 Å². The summed E-state index contributed by atoms with van der Waals surface area (Å²) >= 11 is 12.1. The second-order valence-corrected chi connectivity index (χ2v) is 7.44. The summed E-state index contributed by atoms with van der Waals surface area (Å²) in [5, 5.41) is 1.13. The number of para-hydroxylation sites is 1. The van der Waals surface area contributed by atoms with E-state index in [1.54, 1.807) is 17.0 Å². The Bertz CT molecular complexity index is 853. The third-order valence-electron chi connectivity index (χ3n) is 4.82. The lowest BCUT2D eigenvalue weighted by molar-refractivity contribution is -0.121. The van der Waals surface area contributed by atoms with E-state index in [4.69, 9.17) is 28.9 Å². The lowest BCUT2D eigenvalue weighted by Crippen LogP contribution is -2.45. The number of anilines is 1. The largest absolute Gasteiger partial charge is 0.369 e. The third kappa shape index (κ3) is 3.71. The van der Waals surface area contributed by atoms with Crippen LogP contribution in [0.15, 0.2) is 42.5 Å². The van der Waals surface area contributed by atoms with Gasteiger partial charge in [-0.25, -0.2) is 0 Å². The van der Waals surface area contributed by atoms with E-state index < -0.39 is 0 Å². The number of fused-ring (bicyclic) bond motifs is 1. The number of rotatable bonds is 4. The molecule has 1 heterocycles. The summed E-state index contributed by atoms with van der Waals surface area (Å²) in [4.78, 5) is 26.5. The van der Waals surface area contributed by atoms with E-state index in [1.807, 2.05) is 37.3 Å². The monoisotopic (exact) mass is 390 g/mol. The quantitative estimate of drug-likeness (QED) is 0.844. The molecule has 0 saturated heterocycles. The number of hydrogen-bond donors (Lipinski definition) is 1. The summed E-state index contributed by atoms with van der Waals surface area (Å²) in [6.07, 6.45) is 1.38. The number of nitrogens with zero attached hydrogens (tertiary/aromatic N) is 1. The Balaban J connectivity index is 1.82. The highest BCUT2D eigenvalue weighted by molar-refractivity contribution is 6.35. The second-order valence-electron chi connectivity index (χ2n) is 6.60. The zero-order valence-corrected chi connectivity index (χ0v) is 15.9. The topological polar surface area (TPSA) is 63.4 Å². The molecule has 4 nitrogen and oxygen atoms in total. The van der Waals surface area contributed by atoms with Crippen LogP contribution in [0.2, 0.25) is 10.0 Å². The smallest absolute Gasteiger partial charge is 0.227 e. The highest BCUT2D eigenvalue weighted by Gasteiger charge is 2.35. The lowest BCUT2D eigenvalue weighted by Gasteiger charge is -2.38. The first kappa shape index (κ1) is 18.7. The molecule has 0 aliphatic carbocycles. The highest BCUT2D eigenvalue weighted by atomic mass is 35.5. The first-order valence-corrected chi connectivity index (χ1v) is 9.28. The molecule has 136 valence electrons. The molecule has 0 unspecified atom stereocenters. The molecule has 0 radical (unpaired) electrons. The Hall–Kier alpha value is -2.04. The molecule has 2 aromatic carbocycles. The second kappa shape index (κ2) is 7.68. The molecule has 2 aromatic rings. The average Bonchev–Trinajstić information content (AvgIpc) is 2.60. The van der Waals surface area contributed by atoms with E-state index in [9.17, 15) is 9.59 Å². The summed E-state index contributed by atoms with van der Waals surface area (Å²) in [5.74, 6) is -0.723. The minimum atomic E-state index is -0.365. The van der Waals surface area contributed by atoms with Crippen LogP contribution in [0.3, 0.4) is 0 Å². The molecule has 1 aliphatic heterocycles. The van der Waals surface area contributed by atoms with Crippen LogP contribution in [0.5, 0.6) is 0 Å². The van der Waals surface area contributed by atoms with Crippen molar-refractivity contribution in [3.05, 3.63) is 63.6 Å². The Kier molecular flexibility index (Phi) is 5.54. The van der Waals surface area contributed by atoms with Gasteiger partial charge in [-0.2, -0.15) is 0 Å². The van der Waals surface area contributed by atoms with Gasteiger partial charge in [-0.3, -0.25) is 9.59 Å². The first-order chi connectivity index (χ1) is 12.4. The van der Waals surface area contributed by atoms with Crippen LogP contribution in [0.25, 0.3) is 0 Å². The number of primary amides is 1. The van der Waals surface area contributed by atoms with Crippen LogP contribution in [-0.2, 0) is 16.0 Å². The van der Waals surface area contributed by atoms with E-state index in [1.165, 1.54) is 0 Å². The number of hydrogen-bond acceptors (Lipinski definition) is 2. The molecule has 2 N–H and O–H groups in total. The van der Waals surface area contributed by atoms with Crippen molar-refractivity contribution in [2.75, 3.05) is 4.90 Å². The molecule has 0 spiro atoms. The molecule has 0 saturated carbocycles. The van der Waals surface area contributed by atoms with Gasteiger partial charge in [0.2, 0.25) is 11.8 Å². The minimum absolute atomic E-state index is 0.00103. The van der Waals surface area contributed by atoms with Crippen molar-refractivity contribution >= 4 is 40.7 Å². The fourth-order valence-electron chi connectivity index (χ4n) is 3.55. The fourth-order valence-corrected chi connectivity index (χ4v) is 4.05. The third-order valence-corrected chi connectivity index (χ3v) is 5.41. The van der Waals surface area contributed by atoms with Crippen molar-refractivity contribution in [2.24, 2.45) is 5.73 Å². The SMILES string of the molecule is C[C@@H]1C[C@H](C(N)=O)c2ccccc2N1C(=O)CCc1ccc(Cl)cc1Cl. The highest BCUT2D eigenvalue weighted by Crippen LogP contribution is 2.38. The maximum atomic E-state index is 12.9. The molecule has 2 amide bonds. The molecule has 3 rings (SSSR count). The van der Waals surface area contributed by atoms with Gasteiger partial charge < -0.3 is 10.6 Å². The van der Waals surface area contributed by atoms with Gasteiger partial charge in [0.1, 0.15) is 0 Å². The fraction of sp³-hybridized carbons (Fsp3) is 0.300. The van der Waals surface area contributed by atoms with Crippen molar-refractivity contribution in [2.45, 2.75) is 38.1 Å². The van der Waals surface area contributed by atoms with Gasteiger partial charge in [-0.15, -0.1) is 0 Å². The minimum Gasteiger partial charge on any atom is -0.369 e. The van der Waals surface area contributed by atoms with Gasteiger partial charge >= 0.3 is 0 Å². The maximum absolute atomic E-state index is 12.9. The summed E-state index contributed by atoms with van der Waals surface area (Å²) in [5.41, 5.74) is 8.03. The van der Waals surface area contributed by atoms with E-state index in [-0.39, 0.29) is 23.8 Å². The molecule has 0 bridgehead atoms. The number of halogens is 2. The van der Waals surface area contributed by atoms with Crippen LogP contribution in [-0.4, -0.2) is 17.9 Å². The van der Waals surface area contributed by atoms with Gasteiger partial charge in [-0.1, -0.05) is 47.5 Å². The number of amides is 2. The van der Waals surface area contributed by atoms with Gasteiger partial charge in [0.15, 0.2) is 0 Å². The molecule has 1 aliphatic rings. The first-order valence-electron chi connectivity index (χ1n) is 8.52. The van der Waals surface area contributed by atoms with E-state index >= 15 is 0 Å². The van der Waals surface area contributed by atoms with E-state index in [0.717, 1.165) is 16.8 Å². The summed E-state index contributed by atoms with van der Waals surface area (Å²) in [6.45, 7) is 1.94. The Morgan fingerprint density at radius 2 is 1.92 bits per heavy atom. The van der Waals surface area contributed by atoms with Crippen molar-refractivity contribution in [3.8, 4) is 0 Å².